The summed E-state index contributed by atoms with van der Waals surface area (Å²) in [5.41, 5.74) is 1.25. The van der Waals surface area contributed by atoms with Gasteiger partial charge in [-0.05, 0) is 47.0 Å². The van der Waals surface area contributed by atoms with Crippen molar-refractivity contribution in [1.29, 1.82) is 0 Å². The maximum Gasteiger partial charge on any atom is 0.171 e. The molecule has 1 heterocycles. The summed E-state index contributed by atoms with van der Waals surface area (Å²) in [5, 5.41) is 2.46. The second-order valence-electron chi connectivity index (χ2n) is 6.08. The smallest absolute Gasteiger partial charge is 0.171 e. The molecule has 0 aromatic heterocycles. The van der Waals surface area contributed by atoms with Crippen molar-refractivity contribution in [3.63, 3.8) is 0 Å². The number of hydrogen-bond acceptors (Lipinski definition) is 3. The van der Waals surface area contributed by atoms with Crippen molar-refractivity contribution in [2.24, 2.45) is 0 Å². The molecule has 1 unspecified atom stereocenters. The van der Waals surface area contributed by atoms with E-state index in [0.717, 1.165) is 18.0 Å². The number of methoxy groups -OCH3 is 1. The van der Waals surface area contributed by atoms with E-state index in [1.165, 1.54) is 35.6 Å². The fraction of sp³-hybridized carbons (Fsp3) is 0.350. The molecule has 2 aromatic rings. The number of thiol groups is 1. The predicted molar refractivity (Wildman–Crippen MR) is 110 cm³/mol. The molecule has 0 aliphatic carbocycles. The molecule has 2 aromatic carbocycles. The highest BCUT2D eigenvalue weighted by Crippen LogP contribution is 2.23. The first-order valence-corrected chi connectivity index (χ1v) is 10.5. The lowest BCUT2D eigenvalue weighted by molar-refractivity contribution is -0.551. The van der Waals surface area contributed by atoms with Crippen LogP contribution in [0.1, 0.15) is 24.8 Å². The predicted octanol–water partition coefficient (Wildman–Crippen LogP) is 5.08. The van der Waals surface area contributed by atoms with Gasteiger partial charge in [-0.1, -0.05) is 35.1 Å². The summed E-state index contributed by atoms with van der Waals surface area (Å²) in [6.07, 6.45) is 10.7. The van der Waals surface area contributed by atoms with Crippen LogP contribution in [0.4, 0.5) is 0 Å². The molecule has 0 amide bonds. The third kappa shape index (κ3) is 4.37. The Morgan fingerprint density at radius 1 is 1.25 bits per heavy atom. The fourth-order valence-electron chi connectivity index (χ4n) is 3.19. The SMILES string of the molecule is COc1ccc2cc(/C=C/C3CCCC=[N+]3CCSS)ccc2c1. The third-order valence-electron chi connectivity index (χ3n) is 4.52. The highest BCUT2D eigenvalue weighted by atomic mass is 33.1. The van der Waals surface area contributed by atoms with Crippen LogP contribution >= 0.6 is 22.5 Å². The van der Waals surface area contributed by atoms with E-state index in [2.05, 4.69) is 64.9 Å². The van der Waals surface area contributed by atoms with Gasteiger partial charge in [0.1, 0.15) is 12.0 Å². The minimum atomic E-state index is 0.505. The van der Waals surface area contributed by atoms with E-state index in [0.29, 0.717) is 6.04 Å². The minimum Gasteiger partial charge on any atom is -0.497 e. The van der Waals surface area contributed by atoms with Gasteiger partial charge in [0, 0.05) is 12.8 Å². The van der Waals surface area contributed by atoms with Crippen molar-refractivity contribution in [1.82, 2.24) is 0 Å². The molecule has 0 bridgehead atoms. The molecule has 3 rings (SSSR count). The van der Waals surface area contributed by atoms with E-state index in [4.69, 9.17) is 4.74 Å². The number of hydrogen-bond donors (Lipinski definition) is 1. The Kier molecular flexibility index (Phi) is 6.27. The Labute approximate surface area is 153 Å². The minimum absolute atomic E-state index is 0.505. The summed E-state index contributed by atoms with van der Waals surface area (Å²) in [5.74, 6) is 1.96. The summed E-state index contributed by atoms with van der Waals surface area (Å²) < 4.78 is 7.76. The van der Waals surface area contributed by atoms with Crippen molar-refractivity contribution in [2.45, 2.75) is 25.3 Å². The second-order valence-corrected chi connectivity index (χ2v) is 7.52. The Hall–Kier alpha value is -1.39. The maximum atomic E-state index is 5.29. The van der Waals surface area contributed by atoms with Gasteiger partial charge >= 0.3 is 0 Å². The van der Waals surface area contributed by atoms with Gasteiger partial charge in [0.2, 0.25) is 0 Å². The topological polar surface area (TPSA) is 12.2 Å². The lowest BCUT2D eigenvalue weighted by Crippen LogP contribution is -2.30. The molecule has 126 valence electrons. The molecule has 0 saturated heterocycles. The quantitative estimate of drug-likeness (QED) is 0.439. The van der Waals surface area contributed by atoms with Crippen molar-refractivity contribution < 1.29 is 9.31 Å². The van der Waals surface area contributed by atoms with Gasteiger partial charge in [-0.15, -0.1) is 11.7 Å². The number of benzene rings is 2. The molecule has 1 aliphatic rings. The van der Waals surface area contributed by atoms with E-state index in [1.54, 1.807) is 17.9 Å². The van der Waals surface area contributed by atoms with Crippen LogP contribution in [0.5, 0.6) is 5.75 Å². The third-order valence-corrected chi connectivity index (χ3v) is 5.43. The molecule has 0 spiro atoms. The molecule has 0 N–H and O–H groups in total. The monoisotopic (exact) mass is 358 g/mol. The molecular weight excluding hydrogens is 334 g/mol. The average Bonchev–Trinajstić information content (AvgIpc) is 2.64. The highest BCUT2D eigenvalue weighted by molar-refractivity contribution is 8.68. The first-order chi connectivity index (χ1) is 11.8. The van der Waals surface area contributed by atoms with Crippen LogP contribution in [0.25, 0.3) is 16.8 Å². The summed E-state index contributed by atoms with van der Waals surface area (Å²) in [6.45, 7) is 1.07. The van der Waals surface area contributed by atoms with Gasteiger partial charge in [-0.25, -0.2) is 4.58 Å². The van der Waals surface area contributed by atoms with Gasteiger partial charge < -0.3 is 4.74 Å². The standard InChI is InChI=1S/C20H23NOS2/c1-22-20-10-8-17-14-16(5-7-18(17)15-20)6-9-19-4-2-3-11-21(19)12-13-24-23/h5-11,14-15,19H,2-4,12-13H2,1H3/p+1/b9-6+. The van der Waals surface area contributed by atoms with Crippen molar-refractivity contribution >= 4 is 45.5 Å². The largest absolute Gasteiger partial charge is 0.497 e. The fourth-order valence-corrected chi connectivity index (χ4v) is 3.73. The zero-order chi connectivity index (χ0) is 16.8. The van der Waals surface area contributed by atoms with Gasteiger partial charge in [-0.3, -0.25) is 0 Å². The first-order valence-electron chi connectivity index (χ1n) is 8.41. The van der Waals surface area contributed by atoms with Crippen LogP contribution < -0.4 is 4.74 Å². The van der Waals surface area contributed by atoms with Crippen molar-refractivity contribution in [2.75, 3.05) is 19.4 Å². The van der Waals surface area contributed by atoms with Crippen LogP contribution in [0.2, 0.25) is 0 Å². The van der Waals surface area contributed by atoms with Crippen LogP contribution in [-0.2, 0) is 0 Å². The molecule has 0 saturated carbocycles. The number of fused-ring (bicyclic) bond motifs is 1. The Morgan fingerprint density at radius 2 is 2.08 bits per heavy atom. The zero-order valence-electron chi connectivity index (χ0n) is 14.0. The normalized spacial score (nSPS) is 18.1. The van der Waals surface area contributed by atoms with Gasteiger partial charge in [0.25, 0.3) is 0 Å². The van der Waals surface area contributed by atoms with Crippen molar-refractivity contribution in [3.05, 3.63) is 48.0 Å². The summed E-state index contributed by atoms with van der Waals surface area (Å²) in [4.78, 5) is 0. The summed E-state index contributed by atoms with van der Waals surface area (Å²) >= 11 is 4.26. The van der Waals surface area contributed by atoms with Gasteiger partial charge in [-0.2, -0.15) is 0 Å². The molecule has 0 radical (unpaired) electrons. The Bertz CT molecular complexity index is 754. The zero-order valence-corrected chi connectivity index (χ0v) is 15.7. The molecule has 0 fully saturated rings. The van der Waals surface area contributed by atoms with E-state index in [9.17, 15) is 0 Å². The van der Waals surface area contributed by atoms with E-state index >= 15 is 0 Å². The van der Waals surface area contributed by atoms with E-state index < -0.39 is 0 Å². The number of rotatable bonds is 6. The van der Waals surface area contributed by atoms with Gasteiger partial charge in [0.05, 0.1) is 12.9 Å². The van der Waals surface area contributed by atoms with Crippen LogP contribution in [-0.4, -0.2) is 36.2 Å². The second kappa shape index (κ2) is 8.63. The average molecular weight is 359 g/mol. The highest BCUT2D eigenvalue weighted by Gasteiger charge is 2.20. The first kappa shape index (κ1) is 17.4. The Morgan fingerprint density at radius 3 is 2.92 bits per heavy atom. The molecule has 2 nitrogen and oxygen atoms in total. The van der Waals surface area contributed by atoms with E-state index in [-0.39, 0.29) is 0 Å². The van der Waals surface area contributed by atoms with Gasteiger partial charge in [0.15, 0.2) is 12.6 Å². The maximum absolute atomic E-state index is 5.29. The Balaban J connectivity index is 1.76. The molecule has 24 heavy (non-hydrogen) atoms. The van der Waals surface area contributed by atoms with Crippen LogP contribution in [0.15, 0.2) is 42.5 Å². The lowest BCUT2D eigenvalue weighted by atomic mass is 10.0. The molecular formula is C20H24NOS2+. The van der Waals surface area contributed by atoms with Crippen LogP contribution in [0, 0.1) is 0 Å². The van der Waals surface area contributed by atoms with Crippen molar-refractivity contribution in [3.8, 4) is 5.75 Å². The van der Waals surface area contributed by atoms with E-state index in [1.807, 2.05) is 6.07 Å². The van der Waals surface area contributed by atoms with Crippen LogP contribution in [0.3, 0.4) is 0 Å². The lowest BCUT2D eigenvalue weighted by Gasteiger charge is -2.16. The summed E-state index contributed by atoms with van der Waals surface area (Å²) in [6, 6.07) is 13.3. The molecule has 4 heteroatoms. The molecule has 1 aliphatic heterocycles. The number of ether oxygens (including phenoxy) is 1. The number of nitrogens with zero attached hydrogens (tertiary/aromatic N) is 1. The summed E-state index contributed by atoms with van der Waals surface area (Å²) in [7, 11) is 3.32. The molecule has 1 atom stereocenters.